The second-order valence-electron chi connectivity index (χ2n) is 6.28. The molecule has 0 aliphatic carbocycles. The molecular weight excluding hydrogens is 392 g/mol. The number of carbonyl (C=O) groups excluding carboxylic acids is 1. The summed E-state index contributed by atoms with van der Waals surface area (Å²) in [5, 5.41) is 2.70. The minimum Gasteiger partial charge on any atom is -0.351 e. The Bertz CT molecular complexity index is 1020. The van der Waals surface area contributed by atoms with E-state index in [1.807, 2.05) is 48.5 Å². The zero-order valence-corrected chi connectivity index (χ0v) is 17.2. The Kier molecular flexibility index (Phi) is 6.49. The number of nitrogens with zero attached hydrogens (tertiary/aromatic N) is 1. The Morgan fingerprint density at radius 2 is 1.61 bits per heavy atom. The molecule has 0 fully saturated rings. The largest absolute Gasteiger partial charge is 0.351 e. The average molecular weight is 415 g/mol. The molecule has 1 aromatic heterocycles. The number of hydrogen-bond donors (Lipinski definition) is 1. The van der Waals surface area contributed by atoms with Gasteiger partial charge in [-0.15, -0.1) is 11.3 Å². The second-order valence-corrected chi connectivity index (χ2v) is 9.54. The molecule has 1 amide bonds. The van der Waals surface area contributed by atoms with Crippen LogP contribution in [0.4, 0.5) is 5.69 Å². The van der Waals surface area contributed by atoms with Gasteiger partial charge in [0.25, 0.3) is 10.0 Å². The van der Waals surface area contributed by atoms with Crippen LogP contribution in [0.2, 0.25) is 0 Å². The van der Waals surface area contributed by atoms with Gasteiger partial charge in [-0.25, -0.2) is 8.42 Å². The molecule has 0 unspecified atom stereocenters. The number of para-hydroxylation sites is 1. The molecule has 0 aliphatic heterocycles. The molecule has 7 heteroatoms. The summed E-state index contributed by atoms with van der Waals surface area (Å²) < 4.78 is 28.4. The molecule has 0 saturated heterocycles. The molecule has 0 atom stereocenters. The third-order valence-electron chi connectivity index (χ3n) is 4.18. The predicted molar refractivity (Wildman–Crippen MR) is 113 cm³/mol. The van der Waals surface area contributed by atoms with Gasteiger partial charge in [0.1, 0.15) is 4.21 Å². The second kappa shape index (κ2) is 9.03. The van der Waals surface area contributed by atoms with Crippen LogP contribution >= 0.6 is 11.3 Å². The van der Waals surface area contributed by atoms with E-state index >= 15 is 0 Å². The fourth-order valence-corrected chi connectivity index (χ4v) is 5.65. The highest BCUT2D eigenvalue weighted by atomic mass is 32.2. The molecule has 146 valence electrons. The molecular formula is C21H22N2O3S2. The van der Waals surface area contributed by atoms with Crippen molar-refractivity contribution < 1.29 is 13.2 Å². The van der Waals surface area contributed by atoms with Crippen molar-refractivity contribution in [1.82, 2.24) is 5.32 Å². The van der Waals surface area contributed by atoms with Crippen LogP contribution in [0.15, 0.2) is 77.0 Å². The molecule has 3 rings (SSSR count). The zero-order chi connectivity index (χ0) is 20.0. The lowest BCUT2D eigenvalue weighted by molar-refractivity contribution is -0.119. The van der Waals surface area contributed by atoms with Crippen molar-refractivity contribution in [2.75, 3.05) is 10.8 Å². The van der Waals surface area contributed by atoms with Crippen LogP contribution in [0.3, 0.4) is 0 Å². The number of carbonyl (C=O) groups is 1. The SMILES string of the molecule is CC(=O)NCc1ccc(S(=O)(=O)N(CCc2ccccc2)c2ccccc2)s1. The van der Waals surface area contributed by atoms with E-state index in [1.54, 1.807) is 24.3 Å². The van der Waals surface area contributed by atoms with Gasteiger partial charge in [0.2, 0.25) is 5.91 Å². The highest BCUT2D eigenvalue weighted by Gasteiger charge is 2.26. The highest BCUT2D eigenvalue weighted by molar-refractivity contribution is 7.94. The third kappa shape index (κ3) is 4.99. The fourth-order valence-electron chi connectivity index (χ4n) is 2.77. The Morgan fingerprint density at radius 1 is 0.964 bits per heavy atom. The normalized spacial score (nSPS) is 11.2. The number of amides is 1. The third-order valence-corrected chi connectivity index (χ3v) is 7.56. The van der Waals surface area contributed by atoms with Gasteiger partial charge in [-0.3, -0.25) is 9.10 Å². The maximum Gasteiger partial charge on any atom is 0.273 e. The minimum absolute atomic E-state index is 0.147. The predicted octanol–water partition coefficient (Wildman–Crippen LogP) is 3.82. The average Bonchev–Trinajstić information content (AvgIpc) is 3.18. The molecule has 0 radical (unpaired) electrons. The number of hydrogen-bond acceptors (Lipinski definition) is 4. The van der Waals surface area contributed by atoms with E-state index in [9.17, 15) is 13.2 Å². The van der Waals surface area contributed by atoms with Crippen molar-refractivity contribution in [2.24, 2.45) is 0 Å². The zero-order valence-electron chi connectivity index (χ0n) is 15.5. The number of sulfonamides is 1. The first-order valence-electron chi connectivity index (χ1n) is 8.91. The lowest BCUT2D eigenvalue weighted by Gasteiger charge is -2.24. The molecule has 28 heavy (non-hydrogen) atoms. The molecule has 2 aromatic carbocycles. The Hall–Kier alpha value is -2.64. The van der Waals surface area contributed by atoms with Crippen molar-refractivity contribution >= 4 is 33.0 Å². The van der Waals surface area contributed by atoms with Crippen LogP contribution in [0, 0.1) is 0 Å². The smallest absolute Gasteiger partial charge is 0.273 e. The van der Waals surface area contributed by atoms with Gasteiger partial charge < -0.3 is 5.32 Å². The quantitative estimate of drug-likeness (QED) is 0.609. The summed E-state index contributed by atoms with van der Waals surface area (Å²) in [6.07, 6.45) is 0.610. The summed E-state index contributed by atoms with van der Waals surface area (Å²) in [6, 6.07) is 22.3. The topological polar surface area (TPSA) is 66.5 Å². The summed E-state index contributed by atoms with van der Waals surface area (Å²) in [5.41, 5.74) is 1.71. The van der Waals surface area contributed by atoms with E-state index in [1.165, 1.54) is 22.6 Å². The maximum atomic E-state index is 13.4. The van der Waals surface area contributed by atoms with E-state index in [0.29, 0.717) is 25.2 Å². The lowest BCUT2D eigenvalue weighted by Crippen LogP contribution is -2.32. The van der Waals surface area contributed by atoms with Crippen LogP contribution in [0.1, 0.15) is 17.4 Å². The molecule has 1 heterocycles. The summed E-state index contributed by atoms with van der Waals surface area (Å²) in [6.45, 7) is 2.10. The molecule has 0 aliphatic rings. The first-order valence-corrected chi connectivity index (χ1v) is 11.2. The molecule has 3 aromatic rings. The Morgan fingerprint density at radius 3 is 2.25 bits per heavy atom. The lowest BCUT2D eigenvalue weighted by atomic mass is 10.1. The van der Waals surface area contributed by atoms with Crippen molar-refractivity contribution in [1.29, 1.82) is 0 Å². The number of benzene rings is 2. The van der Waals surface area contributed by atoms with Crippen molar-refractivity contribution in [2.45, 2.75) is 24.1 Å². The van der Waals surface area contributed by atoms with Gasteiger partial charge in [0, 0.05) is 18.3 Å². The molecule has 0 spiro atoms. The summed E-state index contributed by atoms with van der Waals surface area (Å²) in [5.74, 6) is -0.147. The van der Waals surface area contributed by atoms with Crippen LogP contribution < -0.4 is 9.62 Å². The molecule has 5 nitrogen and oxygen atoms in total. The Balaban J connectivity index is 1.87. The van der Waals surface area contributed by atoms with Gasteiger partial charge in [0.05, 0.1) is 12.2 Å². The van der Waals surface area contributed by atoms with Crippen LogP contribution in [-0.4, -0.2) is 20.9 Å². The summed E-state index contributed by atoms with van der Waals surface area (Å²) in [7, 11) is -3.70. The van der Waals surface area contributed by atoms with E-state index in [0.717, 1.165) is 10.4 Å². The van der Waals surface area contributed by atoms with Gasteiger partial charge in [-0.05, 0) is 36.2 Å². The number of anilines is 1. The molecule has 0 saturated carbocycles. The number of nitrogens with one attached hydrogen (secondary N) is 1. The van der Waals surface area contributed by atoms with Crippen LogP contribution in [0.25, 0.3) is 0 Å². The van der Waals surface area contributed by atoms with Gasteiger partial charge in [-0.2, -0.15) is 0 Å². The summed E-state index contributed by atoms with van der Waals surface area (Å²) >= 11 is 1.18. The van der Waals surface area contributed by atoms with Crippen molar-refractivity contribution in [3.63, 3.8) is 0 Å². The number of thiophene rings is 1. The first kappa shape index (κ1) is 20.1. The van der Waals surface area contributed by atoms with Crippen molar-refractivity contribution in [3.05, 3.63) is 83.2 Å². The van der Waals surface area contributed by atoms with Crippen LogP contribution in [0.5, 0.6) is 0 Å². The summed E-state index contributed by atoms with van der Waals surface area (Å²) in [4.78, 5) is 11.9. The van der Waals surface area contributed by atoms with Gasteiger partial charge in [0.15, 0.2) is 0 Å². The minimum atomic E-state index is -3.70. The van der Waals surface area contributed by atoms with E-state index in [-0.39, 0.29) is 10.1 Å². The molecule has 1 N–H and O–H groups in total. The maximum absolute atomic E-state index is 13.4. The first-order chi connectivity index (χ1) is 13.5. The van der Waals surface area contributed by atoms with Crippen molar-refractivity contribution in [3.8, 4) is 0 Å². The van der Waals surface area contributed by atoms with E-state index < -0.39 is 10.0 Å². The van der Waals surface area contributed by atoms with Gasteiger partial charge in [-0.1, -0.05) is 48.5 Å². The van der Waals surface area contributed by atoms with Gasteiger partial charge >= 0.3 is 0 Å². The monoisotopic (exact) mass is 414 g/mol. The van der Waals surface area contributed by atoms with E-state index in [2.05, 4.69) is 5.32 Å². The molecule has 0 bridgehead atoms. The highest BCUT2D eigenvalue weighted by Crippen LogP contribution is 2.29. The van der Waals surface area contributed by atoms with E-state index in [4.69, 9.17) is 0 Å². The number of rotatable bonds is 8. The fraction of sp³-hybridized carbons (Fsp3) is 0.190. The Labute approximate surface area is 169 Å². The standard InChI is InChI=1S/C21H22N2O3S2/c1-17(24)22-16-20-12-13-21(27-20)28(25,26)23(19-10-6-3-7-11-19)15-14-18-8-4-2-5-9-18/h2-13H,14-16H2,1H3,(H,22,24). The van der Waals surface area contributed by atoms with Crippen LogP contribution in [-0.2, 0) is 27.8 Å².